The van der Waals surface area contributed by atoms with E-state index in [-0.39, 0.29) is 5.78 Å². The number of rotatable bonds is 9. The minimum absolute atomic E-state index is 0.112. The molecule has 0 aliphatic heterocycles. The van der Waals surface area contributed by atoms with Gasteiger partial charge in [-0.05, 0) is 73.2 Å². The smallest absolute Gasteiger partial charge is 0.283 e. The van der Waals surface area contributed by atoms with Crippen molar-refractivity contribution in [1.82, 2.24) is 0 Å². The van der Waals surface area contributed by atoms with E-state index in [1.165, 1.54) is 0 Å². The van der Waals surface area contributed by atoms with E-state index in [0.717, 1.165) is 5.56 Å². The second-order valence-electron chi connectivity index (χ2n) is 6.91. The number of anilines is 1. The van der Waals surface area contributed by atoms with Crippen molar-refractivity contribution >= 4 is 44.3 Å². The highest BCUT2D eigenvalue weighted by molar-refractivity contribution is 7.85. The molecule has 0 aliphatic carbocycles. The highest BCUT2D eigenvalue weighted by Crippen LogP contribution is 2.24. The molecule has 0 bridgehead atoms. The lowest BCUT2D eigenvalue weighted by Gasteiger charge is -2.03. The number of Topliss-reactive ketones (excluding diaryl/α,β-unsaturated/α-hetero) is 1. The zero-order valence-corrected chi connectivity index (χ0v) is 18.0. The molecule has 0 aliphatic rings. The van der Waals surface area contributed by atoms with Gasteiger partial charge in [-0.25, -0.2) is 0 Å². The van der Waals surface area contributed by atoms with Gasteiger partial charge in [0.2, 0.25) is 0 Å². The van der Waals surface area contributed by atoms with Crippen LogP contribution < -0.4 is 5.32 Å². The molecule has 0 spiro atoms. The van der Waals surface area contributed by atoms with E-state index in [1.54, 1.807) is 55.5 Å². The molecule has 9 nitrogen and oxygen atoms in total. The van der Waals surface area contributed by atoms with Crippen LogP contribution in [0.1, 0.15) is 12.5 Å². The van der Waals surface area contributed by atoms with Gasteiger partial charge in [0.1, 0.15) is 11.7 Å². The van der Waals surface area contributed by atoms with Crippen molar-refractivity contribution in [2.45, 2.75) is 13.3 Å². The highest BCUT2D eigenvalue weighted by Gasteiger charge is 2.03. The normalized spacial score (nSPS) is 11.8. The summed E-state index contributed by atoms with van der Waals surface area (Å²) in [5.74, 6) is -0.454. The van der Waals surface area contributed by atoms with Crippen LogP contribution in [0, 0.1) is 0 Å². The van der Waals surface area contributed by atoms with E-state index in [1.807, 2.05) is 24.3 Å². The Balaban J connectivity index is 1.56. The van der Waals surface area contributed by atoms with Crippen LogP contribution in [0.25, 0.3) is 0 Å². The van der Waals surface area contributed by atoms with E-state index in [9.17, 15) is 13.2 Å². The first-order chi connectivity index (χ1) is 15.3. The van der Waals surface area contributed by atoms with Gasteiger partial charge < -0.3 is 5.32 Å². The number of ketones is 1. The van der Waals surface area contributed by atoms with E-state index >= 15 is 0 Å². The zero-order valence-electron chi connectivity index (χ0n) is 17.2. The molecule has 32 heavy (non-hydrogen) atoms. The molecule has 0 heterocycles. The van der Waals surface area contributed by atoms with Crippen molar-refractivity contribution in [2.24, 2.45) is 20.5 Å². The third-order valence-corrected chi connectivity index (χ3v) is 4.64. The first-order valence-corrected chi connectivity index (χ1v) is 11.2. The third-order valence-electron chi connectivity index (χ3n) is 4.13. The van der Waals surface area contributed by atoms with Crippen LogP contribution in [-0.4, -0.2) is 24.6 Å². The lowest BCUT2D eigenvalue weighted by Crippen LogP contribution is -2.12. The molecule has 10 heteroatoms. The van der Waals surface area contributed by atoms with E-state index in [0.29, 0.717) is 34.9 Å². The number of nitrogens with zero attached hydrogens (tertiary/aromatic N) is 4. The average Bonchev–Trinajstić information content (AvgIpc) is 2.76. The molecule has 0 radical (unpaired) electrons. The first-order valence-electron chi connectivity index (χ1n) is 9.58. The number of hydrogen-bond donors (Lipinski definition) is 2. The van der Waals surface area contributed by atoms with E-state index < -0.39 is 16.0 Å². The Labute approximate surface area is 185 Å². The molecule has 0 fully saturated rings. The SMILES string of the molecule is CC(=O)Cc1ccc(N=Nc2ccc(N=Nc3ccc(NCS(=O)(=O)O)cc3)cc2)cc1. The summed E-state index contributed by atoms with van der Waals surface area (Å²) in [4.78, 5) is 11.1. The molecule has 0 amide bonds. The first kappa shape index (κ1) is 22.9. The van der Waals surface area contributed by atoms with Gasteiger partial charge in [0.05, 0.1) is 22.7 Å². The van der Waals surface area contributed by atoms with Gasteiger partial charge in [-0.1, -0.05) is 12.1 Å². The van der Waals surface area contributed by atoms with Crippen LogP contribution >= 0.6 is 0 Å². The Morgan fingerprint density at radius 2 is 1.12 bits per heavy atom. The molecule has 0 saturated heterocycles. The number of carbonyl (C=O) groups excluding carboxylic acids is 1. The number of azo groups is 2. The van der Waals surface area contributed by atoms with Crippen LogP contribution in [0.15, 0.2) is 93.3 Å². The molecule has 0 aromatic heterocycles. The van der Waals surface area contributed by atoms with Crippen LogP contribution in [-0.2, 0) is 21.3 Å². The lowest BCUT2D eigenvalue weighted by atomic mass is 10.1. The van der Waals surface area contributed by atoms with Gasteiger partial charge in [-0.15, -0.1) is 0 Å². The fraction of sp³-hybridized carbons (Fsp3) is 0.136. The van der Waals surface area contributed by atoms with Crippen LogP contribution in [0.5, 0.6) is 0 Å². The second kappa shape index (κ2) is 10.5. The maximum atomic E-state index is 11.1. The second-order valence-corrected chi connectivity index (χ2v) is 8.36. The molecule has 0 saturated carbocycles. The van der Waals surface area contributed by atoms with Crippen molar-refractivity contribution in [2.75, 3.05) is 11.2 Å². The molecule has 3 aromatic rings. The minimum atomic E-state index is -4.09. The summed E-state index contributed by atoms with van der Waals surface area (Å²) in [7, 11) is -4.09. The molecule has 3 rings (SSSR count). The summed E-state index contributed by atoms with van der Waals surface area (Å²) in [6.07, 6.45) is 0.405. The molecular formula is C22H21N5O4S. The molecule has 0 unspecified atom stereocenters. The van der Waals surface area contributed by atoms with Gasteiger partial charge in [-0.3, -0.25) is 9.35 Å². The van der Waals surface area contributed by atoms with Gasteiger partial charge in [-0.2, -0.15) is 28.9 Å². The summed E-state index contributed by atoms with van der Waals surface area (Å²) in [5, 5.41) is 19.2. The van der Waals surface area contributed by atoms with Crippen molar-refractivity contribution in [3.63, 3.8) is 0 Å². The fourth-order valence-corrected chi connectivity index (χ4v) is 2.95. The summed E-state index contributed by atoms with van der Waals surface area (Å²) in [5.41, 5.74) is 4.03. The Morgan fingerprint density at radius 1 is 0.750 bits per heavy atom. The van der Waals surface area contributed by atoms with Crippen LogP contribution in [0.4, 0.5) is 28.4 Å². The van der Waals surface area contributed by atoms with Gasteiger partial charge in [0.25, 0.3) is 10.1 Å². The van der Waals surface area contributed by atoms with Gasteiger partial charge >= 0.3 is 0 Å². The Morgan fingerprint density at radius 3 is 1.50 bits per heavy atom. The number of carbonyl (C=O) groups is 1. The monoisotopic (exact) mass is 451 g/mol. The Kier molecular flexibility index (Phi) is 7.53. The number of nitrogens with one attached hydrogen (secondary N) is 1. The fourth-order valence-electron chi connectivity index (χ4n) is 2.61. The summed E-state index contributed by atoms with van der Waals surface area (Å²) < 4.78 is 30.2. The lowest BCUT2D eigenvalue weighted by molar-refractivity contribution is -0.116. The van der Waals surface area contributed by atoms with Crippen molar-refractivity contribution in [3.8, 4) is 0 Å². The van der Waals surface area contributed by atoms with Gasteiger partial charge in [0, 0.05) is 12.1 Å². The standard InChI is InChI=1S/C22H21N5O4S/c1-16(28)14-17-2-4-19(5-3-17)24-26-21-10-12-22(13-11-21)27-25-20-8-6-18(7-9-20)23-15-32(29,30)31/h2-13,23H,14-15H2,1H3,(H,29,30,31). The topological polar surface area (TPSA) is 133 Å². The summed E-state index contributed by atoms with van der Waals surface area (Å²) >= 11 is 0. The van der Waals surface area contributed by atoms with Crippen LogP contribution in [0.3, 0.4) is 0 Å². The average molecular weight is 452 g/mol. The molecular weight excluding hydrogens is 430 g/mol. The maximum Gasteiger partial charge on any atom is 0.283 e. The molecule has 0 atom stereocenters. The highest BCUT2D eigenvalue weighted by atomic mass is 32.2. The largest absolute Gasteiger partial charge is 0.370 e. The van der Waals surface area contributed by atoms with Crippen molar-refractivity contribution in [3.05, 3.63) is 78.4 Å². The Bertz CT molecular complexity index is 1220. The summed E-state index contributed by atoms with van der Waals surface area (Å²) in [6.45, 7) is 1.56. The molecule has 164 valence electrons. The predicted molar refractivity (Wildman–Crippen MR) is 122 cm³/mol. The Hall–Kier alpha value is -3.76. The minimum Gasteiger partial charge on any atom is -0.370 e. The predicted octanol–water partition coefficient (Wildman–Crippen LogP) is 5.91. The van der Waals surface area contributed by atoms with Crippen molar-refractivity contribution < 1.29 is 17.8 Å². The van der Waals surface area contributed by atoms with Gasteiger partial charge in [0.15, 0.2) is 0 Å². The third kappa shape index (κ3) is 7.82. The van der Waals surface area contributed by atoms with Crippen molar-refractivity contribution in [1.29, 1.82) is 0 Å². The number of hydrogen-bond acceptors (Lipinski definition) is 8. The molecule has 3 aromatic carbocycles. The van der Waals surface area contributed by atoms with E-state index in [2.05, 4.69) is 25.8 Å². The number of benzene rings is 3. The summed E-state index contributed by atoms with van der Waals surface area (Å²) in [6, 6.07) is 21.0. The van der Waals surface area contributed by atoms with E-state index in [4.69, 9.17) is 4.55 Å². The van der Waals surface area contributed by atoms with Crippen LogP contribution in [0.2, 0.25) is 0 Å². The molecule has 2 N–H and O–H groups in total. The zero-order chi connectivity index (χ0) is 23.0. The quantitative estimate of drug-likeness (QED) is 0.308. The maximum absolute atomic E-state index is 11.1.